The number of aliphatic hydroxyl groups excluding tert-OH is 1. The third-order valence-corrected chi connectivity index (χ3v) is 4.37. The molecule has 1 aromatic carbocycles. The first kappa shape index (κ1) is 11.2. The minimum atomic E-state index is -0.312. The molecule has 4 heteroatoms. The SMILES string of the molecule is O[C@H]1/C(=C/c2ccc3c(c2)OCO3)N2CCC1CC2. The van der Waals surface area contributed by atoms with E-state index in [1.165, 1.54) is 0 Å². The first-order valence-corrected chi connectivity index (χ1v) is 6.85. The Morgan fingerprint density at radius 1 is 1.16 bits per heavy atom. The van der Waals surface area contributed by atoms with Crippen LogP contribution in [-0.4, -0.2) is 36.0 Å². The highest BCUT2D eigenvalue weighted by molar-refractivity contribution is 5.59. The largest absolute Gasteiger partial charge is 0.454 e. The first-order valence-electron chi connectivity index (χ1n) is 6.85. The molecule has 1 atom stereocenters. The van der Waals surface area contributed by atoms with Crippen molar-refractivity contribution in [3.8, 4) is 11.5 Å². The fourth-order valence-electron chi connectivity index (χ4n) is 3.25. The van der Waals surface area contributed by atoms with Gasteiger partial charge in [0.15, 0.2) is 11.5 Å². The van der Waals surface area contributed by atoms with Gasteiger partial charge in [-0.15, -0.1) is 0 Å². The summed E-state index contributed by atoms with van der Waals surface area (Å²) in [6, 6.07) is 5.92. The predicted molar refractivity (Wildman–Crippen MR) is 70.8 cm³/mol. The van der Waals surface area contributed by atoms with Crippen molar-refractivity contribution in [1.29, 1.82) is 0 Å². The van der Waals surface area contributed by atoms with Crippen LogP contribution < -0.4 is 9.47 Å². The smallest absolute Gasteiger partial charge is 0.231 e. The summed E-state index contributed by atoms with van der Waals surface area (Å²) in [6.45, 7) is 2.43. The van der Waals surface area contributed by atoms with Crippen LogP contribution in [0.3, 0.4) is 0 Å². The Morgan fingerprint density at radius 2 is 1.95 bits per heavy atom. The van der Waals surface area contributed by atoms with Crippen LogP contribution in [0.5, 0.6) is 11.5 Å². The van der Waals surface area contributed by atoms with Gasteiger partial charge in [-0.05, 0) is 42.5 Å². The molecule has 0 saturated carbocycles. The van der Waals surface area contributed by atoms with E-state index in [0.29, 0.717) is 12.7 Å². The van der Waals surface area contributed by atoms with Gasteiger partial charge in [-0.3, -0.25) is 0 Å². The van der Waals surface area contributed by atoms with E-state index in [4.69, 9.17) is 9.47 Å². The normalized spacial score (nSPS) is 30.2. The molecular formula is C15H17NO3. The summed E-state index contributed by atoms with van der Waals surface area (Å²) in [4.78, 5) is 2.30. The molecule has 3 fully saturated rings. The third-order valence-electron chi connectivity index (χ3n) is 4.37. The first-order chi connectivity index (χ1) is 9.31. The van der Waals surface area contributed by atoms with Crippen LogP contribution in [0.4, 0.5) is 0 Å². The molecule has 0 radical (unpaired) electrons. The second kappa shape index (κ2) is 4.17. The van der Waals surface area contributed by atoms with Crippen LogP contribution in [0.2, 0.25) is 0 Å². The minimum Gasteiger partial charge on any atom is -0.454 e. The molecule has 4 nitrogen and oxygen atoms in total. The second-order valence-corrected chi connectivity index (χ2v) is 5.45. The van der Waals surface area contributed by atoms with Gasteiger partial charge in [0, 0.05) is 18.8 Å². The van der Waals surface area contributed by atoms with Gasteiger partial charge in [0.2, 0.25) is 6.79 Å². The van der Waals surface area contributed by atoms with Crippen molar-refractivity contribution in [2.45, 2.75) is 18.9 Å². The third kappa shape index (κ3) is 1.78. The Labute approximate surface area is 112 Å². The van der Waals surface area contributed by atoms with Crippen LogP contribution >= 0.6 is 0 Å². The average molecular weight is 259 g/mol. The van der Waals surface area contributed by atoms with Crippen LogP contribution in [0.25, 0.3) is 6.08 Å². The van der Waals surface area contributed by atoms with Gasteiger partial charge in [0.1, 0.15) is 0 Å². The quantitative estimate of drug-likeness (QED) is 0.835. The van der Waals surface area contributed by atoms with E-state index in [2.05, 4.69) is 11.0 Å². The van der Waals surface area contributed by atoms with E-state index in [1.54, 1.807) is 0 Å². The van der Waals surface area contributed by atoms with Crippen LogP contribution in [0.15, 0.2) is 23.9 Å². The molecule has 3 saturated heterocycles. The molecule has 0 aromatic heterocycles. The molecule has 100 valence electrons. The predicted octanol–water partition coefficient (Wildman–Crippen LogP) is 1.84. The summed E-state index contributed by atoms with van der Waals surface area (Å²) in [7, 11) is 0. The Morgan fingerprint density at radius 3 is 2.74 bits per heavy atom. The van der Waals surface area contributed by atoms with Crippen molar-refractivity contribution in [1.82, 2.24) is 4.90 Å². The topological polar surface area (TPSA) is 41.9 Å². The number of ether oxygens (including phenoxy) is 2. The summed E-state index contributed by atoms with van der Waals surface area (Å²) in [5, 5.41) is 10.3. The standard InChI is InChI=1S/C15H17NO3/c17-15-11-3-5-16(6-4-11)12(15)7-10-1-2-13-14(8-10)19-9-18-13/h1-2,7-8,11,15,17H,3-6,9H2/b12-7-/t15-/m1/s1. The maximum Gasteiger partial charge on any atom is 0.231 e. The zero-order valence-electron chi connectivity index (χ0n) is 10.7. The van der Waals surface area contributed by atoms with Crippen molar-refractivity contribution in [3.05, 3.63) is 29.5 Å². The van der Waals surface area contributed by atoms with Crippen molar-refractivity contribution < 1.29 is 14.6 Å². The molecule has 1 aromatic rings. The minimum absolute atomic E-state index is 0.298. The molecule has 5 rings (SSSR count). The number of hydrogen-bond acceptors (Lipinski definition) is 4. The van der Waals surface area contributed by atoms with E-state index in [9.17, 15) is 5.11 Å². The Kier molecular flexibility index (Phi) is 2.45. The number of fused-ring (bicyclic) bond motifs is 4. The van der Waals surface area contributed by atoms with Gasteiger partial charge in [-0.25, -0.2) is 0 Å². The highest BCUT2D eigenvalue weighted by Crippen LogP contribution is 2.37. The Hall–Kier alpha value is -1.68. The number of rotatable bonds is 1. The van der Waals surface area contributed by atoms with Crippen LogP contribution in [0.1, 0.15) is 18.4 Å². The van der Waals surface area contributed by atoms with E-state index in [0.717, 1.165) is 48.7 Å². The molecule has 4 aliphatic rings. The molecule has 4 heterocycles. The lowest BCUT2D eigenvalue weighted by Gasteiger charge is -2.45. The molecule has 1 N–H and O–H groups in total. The summed E-state index contributed by atoms with van der Waals surface area (Å²) >= 11 is 0. The molecule has 4 aliphatic heterocycles. The highest BCUT2D eigenvalue weighted by atomic mass is 16.7. The zero-order chi connectivity index (χ0) is 12.8. The summed E-state index contributed by atoms with van der Waals surface area (Å²) in [6.07, 6.45) is 3.99. The zero-order valence-corrected chi connectivity index (χ0v) is 10.7. The summed E-state index contributed by atoms with van der Waals surface area (Å²) in [5.74, 6) is 2.03. The van der Waals surface area contributed by atoms with Crippen molar-refractivity contribution in [3.63, 3.8) is 0 Å². The van der Waals surface area contributed by atoms with E-state index in [1.807, 2.05) is 18.2 Å². The van der Waals surface area contributed by atoms with Crippen molar-refractivity contribution in [2.75, 3.05) is 19.9 Å². The lowest BCUT2D eigenvalue weighted by atomic mass is 9.83. The van der Waals surface area contributed by atoms with E-state index >= 15 is 0 Å². The second-order valence-electron chi connectivity index (χ2n) is 5.45. The highest BCUT2D eigenvalue weighted by Gasteiger charge is 2.36. The lowest BCUT2D eigenvalue weighted by molar-refractivity contribution is 0.0215. The number of nitrogens with zero attached hydrogens (tertiary/aromatic N) is 1. The maximum atomic E-state index is 10.3. The van der Waals surface area contributed by atoms with Crippen LogP contribution in [-0.2, 0) is 0 Å². The molecular weight excluding hydrogens is 242 g/mol. The summed E-state index contributed by atoms with van der Waals surface area (Å²) < 4.78 is 10.7. The van der Waals surface area contributed by atoms with Gasteiger partial charge in [-0.1, -0.05) is 6.07 Å². The fraction of sp³-hybridized carbons (Fsp3) is 0.467. The summed E-state index contributed by atoms with van der Waals surface area (Å²) in [5.41, 5.74) is 2.12. The van der Waals surface area contributed by atoms with Crippen LogP contribution in [0, 0.1) is 5.92 Å². The maximum absolute atomic E-state index is 10.3. The number of piperidine rings is 3. The molecule has 0 spiro atoms. The Balaban J connectivity index is 1.68. The van der Waals surface area contributed by atoms with Gasteiger partial charge >= 0.3 is 0 Å². The van der Waals surface area contributed by atoms with E-state index < -0.39 is 0 Å². The van der Waals surface area contributed by atoms with Gasteiger partial charge < -0.3 is 19.5 Å². The average Bonchev–Trinajstić information content (AvgIpc) is 2.91. The van der Waals surface area contributed by atoms with Gasteiger partial charge in [-0.2, -0.15) is 0 Å². The molecule has 19 heavy (non-hydrogen) atoms. The number of hydrogen-bond donors (Lipinski definition) is 1. The van der Waals surface area contributed by atoms with Crippen molar-refractivity contribution in [2.24, 2.45) is 5.92 Å². The lowest BCUT2D eigenvalue weighted by Crippen LogP contribution is -2.48. The van der Waals surface area contributed by atoms with Gasteiger partial charge in [0.05, 0.1) is 6.10 Å². The van der Waals surface area contributed by atoms with Gasteiger partial charge in [0.25, 0.3) is 0 Å². The molecule has 2 bridgehead atoms. The molecule has 0 aliphatic carbocycles. The Bertz CT molecular complexity index is 528. The fourth-order valence-corrected chi connectivity index (χ4v) is 3.25. The monoisotopic (exact) mass is 259 g/mol. The molecule has 0 amide bonds. The molecule has 0 unspecified atom stereocenters. The van der Waals surface area contributed by atoms with E-state index in [-0.39, 0.29) is 6.10 Å². The number of benzene rings is 1. The number of aliphatic hydroxyl groups is 1. The van der Waals surface area contributed by atoms with Crippen molar-refractivity contribution >= 4 is 6.08 Å².